The lowest BCUT2D eigenvalue weighted by Gasteiger charge is -2.07. The molecular formula is C11H14S. The van der Waals surface area contributed by atoms with Crippen LogP contribution in [0.25, 0.3) is 0 Å². The van der Waals surface area contributed by atoms with E-state index in [0.717, 1.165) is 11.8 Å². The van der Waals surface area contributed by atoms with Gasteiger partial charge in [-0.1, -0.05) is 13.8 Å². The molecule has 3 rings (SSSR count). The number of hydrogen-bond acceptors (Lipinski definition) is 1. The molecule has 2 unspecified atom stereocenters. The van der Waals surface area contributed by atoms with E-state index in [-0.39, 0.29) is 0 Å². The van der Waals surface area contributed by atoms with E-state index in [4.69, 9.17) is 0 Å². The van der Waals surface area contributed by atoms with Crippen LogP contribution in [-0.2, 0) is 6.42 Å². The molecule has 0 spiro atoms. The van der Waals surface area contributed by atoms with E-state index in [0.29, 0.717) is 5.41 Å². The highest BCUT2D eigenvalue weighted by molar-refractivity contribution is 7.10. The average molecular weight is 178 g/mol. The number of thiophene rings is 1. The highest BCUT2D eigenvalue weighted by atomic mass is 32.1. The van der Waals surface area contributed by atoms with Gasteiger partial charge in [-0.05, 0) is 47.1 Å². The summed E-state index contributed by atoms with van der Waals surface area (Å²) in [6.45, 7) is 7.12. The van der Waals surface area contributed by atoms with Crippen LogP contribution in [0.5, 0.6) is 0 Å². The molecule has 2 aliphatic carbocycles. The standard InChI is InChI=1S/C11H14S/c1-6-9-7(5-12-6)4-8-10(9)11(8,2)3/h5,8,10H,4H2,1-3H3. The van der Waals surface area contributed by atoms with Crippen molar-refractivity contribution in [3.05, 3.63) is 21.4 Å². The first kappa shape index (κ1) is 7.14. The Morgan fingerprint density at radius 1 is 1.50 bits per heavy atom. The van der Waals surface area contributed by atoms with Gasteiger partial charge in [-0.15, -0.1) is 11.3 Å². The van der Waals surface area contributed by atoms with Crippen molar-refractivity contribution >= 4 is 11.3 Å². The molecule has 0 aromatic carbocycles. The molecule has 1 fully saturated rings. The minimum absolute atomic E-state index is 0.624. The van der Waals surface area contributed by atoms with Gasteiger partial charge in [0, 0.05) is 4.88 Å². The van der Waals surface area contributed by atoms with Gasteiger partial charge >= 0.3 is 0 Å². The van der Waals surface area contributed by atoms with Crippen LogP contribution < -0.4 is 0 Å². The first-order valence-electron chi connectivity index (χ1n) is 4.69. The molecule has 1 aromatic heterocycles. The Morgan fingerprint density at radius 2 is 2.25 bits per heavy atom. The lowest BCUT2D eigenvalue weighted by atomic mass is 9.97. The molecule has 0 N–H and O–H groups in total. The van der Waals surface area contributed by atoms with Gasteiger partial charge in [-0.3, -0.25) is 0 Å². The zero-order valence-electron chi connectivity index (χ0n) is 7.85. The Balaban J connectivity index is 2.14. The number of hydrogen-bond donors (Lipinski definition) is 0. The molecule has 2 atom stereocenters. The maximum Gasteiger partial charge on any atom is 0.00521 e. The molecule has 2 aliphatic rings. The van der Waals surface area contributed by atoms with Crippen LogP contribution in [0.15, 0.2) is 5.38 Å². The van der Waals surface area contributed by atoms with Crippen LogP contribution >= 0.6 is 11.3 Å². The molecule has 0 bridgehead atoms. The molecule has 1 saturated carbocycles. The van der Waals surface area contributed by atoms with E-state index < -0.39 is 0 Å². The van der Waals surface area contributed by atoms with Gasteiger partial charge < -0.3 is 0 Å². The predicted molar refractivity (Wildman–Crippen MR) is 52.8 cm³/mol. The molecule has 0 nitrogen and oxygen atoms in total. The van der Waals surface area contributed by atoms with Crippen LogP contribution in [0, 0.1) is 18.3 Å². The monoisotopic (exact) mass is 178 g/mol. The molecule has 1 heterocycles. The largest absolute Gasteiger partial charge is 0.149 e. The zero-order valence-corrected chi connectivity index (χ0v) is 8.66. The summed E-state index contributed by atoms with van der Waals surface area (Å²) in [5.41, 5.74) is 4.00. The van der Waals surface area contributed by atoms with E-state index in [1.807, 2.05) is 11.3 Å². The van der Waals surface area contributed by atoms with Crippen molar-refractivity contribution in [2.24, 2.45) is 11.3 Å². The minimum Gasteiger partial charge on any atom is -0.149 e. The Labute approximate surface area is 77.6 Å². The third-order valence-corrected chi connectivity index (χ3v) is 4.88. The van der Waals surface area contributed by atoms with E-state index in [1.54, 1.807) is 16.0 Å². The summed E-state index contributed by atoms with van der Waals surface area (Å²) in [5, 5.41) is 2.37. The molecule has 0 saturated heterocycles. The van der Waals surface area contributed by atoms with E-state index in [1.165, 1.54) is 6.42 Å². The first-order chi connectivity index (χ1) is 5.62. The topological polar surface area (TPSA) is 0 Å². The van der Waals surface area contributed by atoms with Crippen LogP contribution in [-0.4, -0.2) is 0 Å². The number of fused-ring (bicyclic) bond motifs is 3. The quantitative estimate of drug-likeness (QED) is 0.571. The van der Waals surface area contributed by atoms with Crippen molar-refractivity contribution in [3.8, 4) is 0 Å². The van der Waals surface area contributed by atoms with Crippen molar-refractivity contribution in [2.45, 2.75) is 33.1 Å². The van der Waals surface area contributed by atoms with Gasteiger partial charge in [-0.25, -0.2) is 0 Å². The third-order valence-electron chi connectivity index (χ3n) is 3.90. The molecule has 0 amide bonds. The first-order valence-corrected chi connectivity index (χ1v) is 5.57. The summed E-state index contributed by atoms with van der Waals surface area (Å²) in [6.07, 6.45) is 1.36. The van der Waals surface area contributed by atoms with Gasteiger partial charge in [0.2, 0.25) is 0 Å². The van der Waals surface area contributed by atoms with Crippen LogP contribution in [0.4, 0.5) is 0 Å². The van der Waals surface area contributed by atoms with Gasteiger partial charge in [0.15, 0.2) is 0 Å². The van der Waals surface area contributed by atoms with Crippen LogP contribution in [0.3, 0.4) is 0 Å². The zero-order chi connectivity index (χ0) is 8.51. The third kappa shape index (κ3) is 0.610. The van der Waals surface area contributed by atoms with Crippen molar-refractivity contribution in [1.82, 2.24) is 0 Å². The molecule has 0 aliphatic heterocycles. The fourth-order valence-electron chi connectivity index (χ4n) is 3.02. The summed E-state index contributed by atoms with van der Waals surface area (Å²) in [6, 6.07) is 0. The summed E-state index contributed by atoms with van der Waals surface area (Å²) in [5.74, 6) is 1.90. The van der Waals surface area contributed by atoms with Crippen molar-refractivity contribution < 1.29 is 0 Å². The summed E-state index contributed by atoms with van der Waals surface area (Å²) >= 11 is 1.94. The van der Waals surface area contributed by atoms with Crippen molar-refractivity contribution in [2.75, 3.05) is 0 Å². The number of aryl methyl sites for hydroxylation is 1. The molecule has 1 heteroatoms. The highest BCUT2D eigenvalue weighted by Crippen LogP contribution is 2.71. The van der Waals surface area contributed by atoms with Crippen molar-refractivity contribution in [1.29, 1.82) is 0 Å². The van der Waals surface area contributed by atoms with Crippen LogP contribution in [0.1, 0.15) is 35.8 Å². The maximum atomic E-state index is 2.42. The summed E-state index contributed by atoms with van der Waals surface area (Å²) in [4.78, 5) is 1.57. The lowest BCUT2D eigenvalue weighted by Crippen LogP contribution is -1.98. The Morgan fingerprint density at radius 3 is 3.00 bits per heavy atom. The van der Waals surface area contributed by atoms with Crippen LogP contribution in [0.2, 0.25) is 0 Å². The van der Waals surface area contributed by atoms with Gasteiger partial charge in [0.1, 0.15) is 0 Å². The second kappa shape index (κ2) is 1.79. The van der Waals surface area contributed by atoms with E-state index in [2.05, 4.69) is 26.2 Å². The fraction of sp³-hybridized carbons (Fsp3) is 0.636. The van der Waals surface area contributed by atoms with E-state index in [9.17, 15) is 0 Å². The average Bonchev–Trinajstić information content (AvgIpc) is 2.41. The molecule has 64 valence electrons. The summed E-state index contributed by atoms with van der Waals surface area (Å²) in [7, 11) is 0. The Bertz CT molecular complexity index is 346. The SMILES string of the molecule is Cc1scc2c1C1C(C2)C1(C)C. The Kier molecular flexibility index (Phi) is 1.07. The minimum atomic E-state index is 0.624. The van der Waals surface area contributed by atoms with E-state index >= 15 is 0 Å². The smallest absolute Gasteiger partial charge is 0.00521 e. The van der Waals surface area contributed by atoms with Gasteiger partial charge in [0.25, 0.3) is 0 Å². The van der Waals surface area contributed by atoms with Gasteiger partial charge in [-0.2, -0.15) is 0 Å². The lowest BCUT2D eigenvalue weighted by molar-refractivity contribution is 0.541. The molecule has 1 aromatic rings. The predicted octanol–water partition coefficient (Wildman–Crippen LogP) is 3.35. The number of rotatable bonds is 0. The van der Waals surface area contributed by atoms with Crippen molar-refractivity contribution in [3.63, 3.8) is 0 Å². The molecule has 0 radical (unpaired) electrons. The molecular weight excluding hydrogens is 164 g/mol. The Hall–Kier alpha value is -0.300. The fourth-order valence-corrected chi connectivity index (χ4v) is 3.95. The molecule has 12 heavy (non-hydrogen) atoms. The normalized spacial score (nSPS) is 34.6. The second-order valence-electron chi connectivity index (χ2n) is 4.84. The highest BCUT2D eigenvalue weighted by Gasteiger charge is 2.62. The second-order valence-corrected chi connectivity index (χ2v) is 5.92. The summed E-state index contributed by atoms with van der Waals surface area (Å²) < 4.78 is 0. The van der Waals surface area contributed by atoms with Gasteiger partial charge in [0.05, 0.1) is 0 Å². The maximum absolute atomic E-state index is 2.42.